The van der Waals surface area contributed by atoms with Gasteiger partial charge >= 0.3 is 0 Å². The van der Waals surface area contributed by atoms with Crippen molar-refractivity contribution >= 4 is 15.9 Å². The van der Waals surface area contributed by atoms with Crippen molar-refractivity contribution in [3.05, 3.63) is 23.8 Å². The fourth-order valence-electron chi connectivity index (χ4n) is 3.00. The van der Waals surface area contributed by atoms with Gasteiger partial charge in [0.15, 0.2) is 0 Å². The first-order valence-electron chi connectivity index (χ1n) is 8.71. The molecular weight excluding hydrogens is 340 g/mol. The monoisotopic (exact) mass is 368 g/mol. The van der Waals surface area contributed by atoms with Gasteiger partial charge in [-0.25, -0.2) is 8.42 Å². The summed E-state index contributed by atoms with van der Waals surface area (Å²) in [5.74, 6) is 0.770. The van der Waals surface area contributed by atoms with Gasteiger partial charge in [0.25, 0.3) is 0 Å². The van der Waals surface area contributed by atoms with Crippen molar-refractivity contribution in [3.8, 4) is 5.75 Å². The van der Waals surface area contributed by atoms with Crippen molar-refractivity contribution in [3.63, 3.8) is 0 Å². The van der Waals surface area contributed by atoms with Gasteiger partial charge in [0, 0.05) is 19.2 Å². The summed E-state index contributed by atoms with van der Waals surface area (Å²) in [6.07, 6.45) is 2.11. The molecule has 1 saturated heterocycles. The molecule has 0 spiro atoms. The number of nitrogens with one attached hydrogen (secondary N) is 1. The number of hydrogen-bond donors (Lipinski definition) is 1. The van der Waals surface area contributed by atoms with Gasteiger partial charge < -0.3 is 10.1 Å². The van der Waals surface area contributed by atoms with Crippen LogP contribution < -0.4 is 10.1 Å². The number of rotatable bonds is 7. The van der Waals surface area contributed by atoms with Crippen LogP contribution in [-0.2, 0) is 14.8 Å². The number of methoxy groups -OCH3 is 1. The van der Waals surface area contributed by atoms with Crippen LogP contribution in [0.1, 0.15) is 38.7 Å². The molecule has 1 aliphatic rings. The predicted octanol–water partition coefficient (Wildman–Crippen LogP) is 2.32. The average molecular weight is 368 g/mol. The first-order valence-corrected chi connectivity index (χ1v) is 10.2. The maximum atomic E-state index is 13.1. The molecule has 0 unspecified atom stereocenters. The third kappa shape index (κ3) is 4.52. The molecule has 1 aromatic rings. The molecule has 25 heavy (non-hydrogen) atoms. The van der Waals surface area contributed by atoms with Crippen LogP contribution in [-0.4, -0.2) is 44.9 Å². The highest BCUT2D eigenvalue weighted by Gasteiger charge is 2.40. The summed E-state index contributed by atoms with van der Waals surface area (Å²) in [7, 11) is -2.24. The third-order valence-corrected chi connectivity index (χ3v) is 6.56. The van der Waals surface area contributed by atoms with Crippen LogP contribution in [0.25, 0.3) is 0 Å². The number of carbonyl (C=O) groups excluding carboxylic acids is 1. The Morgan fingerprint density at radius 2 is 2.12 bits per heavy atom. The molecule has 1 atom stereocenters. The zero-order chi connectivity index (χ0) is 18.6. The topological polar surface area (TPSA) is 75.7 Å². The fourth-order valence-corrected chi connectivity index (χ4v) is 4.90. The lowest BCUT2D eigenvalue weighted by Crippen LogP contribution is -2.46. The van der Waals surface area contributed by atoms with Gasteiger partial charge in [0.05, 0.1) is 12.0 Å². The standard InChI is InChI=1S/C18H28N2O4S/c1-13(2)9-10-19-18(21)16-6-5-11-20(16)25(22,23)17-12-15(24-4)8-7-14(17)3/h7-8,12-13,16H,5-6,9-11H2,1-4H3,(H,19,21)/t16-/m0/s1. The molecular formula is C18H28N2O4S. The van der Waals surface area contributed by atoms with Crippen molar-refractivity contribution in [2.45, 2.75) is 51.0 Å². The van der Waals surface area contributed by atoms with E-state index in [1.165, 1.54) is 17.5 Å². The smallest absolute Gasteiger partial charge is 0.244 e. The van der Waals surface area contributed by atoms with E-state index in [0.29, 0.717) is 43.2 Å². The van der Waals surface area contributed by atoms with Crippen LogP contribution in [0.3, 0.4) is 0 Å². The van der Waals surface area contributed by atoms with Gasteiger partial charge in [-0.2, -0.15) is 4.31 Å². The van der Waals surface area contributed by atoms with Gasteiger partial charge in [-0.1, -0.05) is 19.9 Å². The minimum absolute atomic E-state index is 0.203. The lowest BCUT2D eigenvalue weighted by atomic mass is 10.1. The van der Waals surface area contributed by atoms with Gasteiger partial charge in [-0.15, -0.1) is 0 Å². The summed E-state index contributed by atoms with van der Waals surface area (Å²) in [6, 6.07) is 4.34. The van der Waals surface area contributed by atoms with Gasteiger partial charge in [-0.05, 0) is 43.7 Å². The van der Waals surface area contributed by atoms with Crippen molar-refractivity contribution < 1.29 is 17.9 Å². The summed E-state index contributed by atoms with van der Waals surface area (Å²) in [5, 5.41) is 2.88. The molecule has 0 bridgehead atoms. The van der Waals surface area contributed by atoms with Gasteiger partial charge in [0.1, 0.15) is 11.8 Å². The highest BCUT2D eigenvalue weighted by molar-refractivity contribution is 7.89. The molecule has 1 aliphatic heterocycles. The van der Waals surface area contributed by atoms with E-state index in [1.807, 2.05) is 0 Å². The second-order valence-corrected chi connectivity index (χ2v) is 8.74. The van der Waals surface area contributed by atoms with Gasteiger partial charge in [-0.3, -0.25) is 4.79 Å². The van der Waals surface area contributed by atoms with Crippen molar-refractivity contribution in [2.24, 2.45) is 5.92 Å². The van der Waals surface area contributed by atoms with Crippen LogP contribution in [0.15, 0.2) is 23.1 Å². The van der Waals surface area contributed by atoms with E-state index in [4.69, 9.17) is 4.74 Å². The molecule has 140 valence electrons. The molecule has 0 aromatic heterocycles. The van der Waals surface area contributed by atoms with E-state index >= 15 is 0 Å². The summed E-state index contributed by atoms with van der Waals surface area (Å²) in [4.78, 5) is 12.7. The minimum Gasteiger partial charge on any atom is -0.497 e. The number of hydrogen-bond acceptors (Lipinski definition) is 4. The first-order chi connectivity index (χ1) is 11.8. The molecule has 7 heteroatoms. The van der Waals surface area contributed by atoms with Gasteiger partial charge in [0.2, 0.25) is 15.9 Å². The van der Waals surface area contributed by atoms with Crippen molar-refractivity contribution in [1.82, 2.24) is 9.62 Å². The molecule has 2 rings (SSSR count). The summed E-state index contributed by atoms with van der Waals surface area (Å²) < 4.78 is 32.7. The SMILES string of the molecule is COc1ccc(C)c(S(=O)(=O)N2CCC[C@H]2C(=O)NCCC(C)C)c1. The van der Waals surface area contributed by atoms with Crippen LogP contribution in [0.2, 0.25) is 0 Å². The normalized spacial score (nSPS) is 18.5. The Hall–Kier alpha value is -1.60. The number of amides is 1. The number of aryl methyl sites for hydroxylation is 1. The molecule has 1 heterocycles. The van der Waals surface area contributed by atoms with E-state index in [0.717, 1.165) is 6.42 Å². The Morgan fingerprint density at radius 1 is 1.40 bits per heavy atom. The molecule has 1 amide bonds. The minimum atomic E-state index is -3.75. The zero-order valence-corrected chi connectivity index (χ0v) is 16.2. The maximum absolute atomic E-state index is 13.1. The Labute approximate surface area is 150 Å². The van der Waals surface area contributed by atoms with E-state index in [2.05, 4.69) is 19.2 Å². The third-order valence-electron chi connectivity index (χ3n) is 4.51. The Kier molecular flexibility index (Phi) is 6.46. The largest absolute Gasteiger partial charge is 0.497 e. The number of carbonyl (C=O) groups is 1. The second kappa shape index (κ2) is 8.19. The van der Waals surface area contributed by atoms with Crippen LogP contribution in [0.5, 0.6) is 5.75 Å². The molecule has 0 aliphatic carbocycles. The maximum Gasteiger partial charge on any atom is 0.244 e. The lowest BCUT2D eigenvalue weighted by molar-refractivity contribution is -0.124. The predicted molar refractivity (Wildman–Crippen MR) is 97.1 cm³/mol. The number of nitrogens with zero attached hydrogens (tertiary/aromatic N) is 1. The van der Waals surface area contributed by atoms with E-state index in [9.17, 15) is 13.2 Å². The Morgan fingerprint density at radius 3 is 2.76 bits per heavy atom. The zero-order valence-electron chi connectivity index (χ0n) is 15.4. The molecule has 0 radical (unpaired) electrons. The summed E-state index contributed by atoms with van der Waals surface area (Å²) >= 11 is 0. The number of sulfonamides is 1. The molecule has 6 nitrogen and oxygen atoms in total. The highest BCUT2D eigenvalue weighted by Crippen LogP contribution is 2.30. The number of benzene rings is 1. The molecule has 0 saturated carbocycles. The Balaban J connectivity index is 2.21. The van der Waals surface area contributed by atoms with E-state index < -0.39 is 16.1 Å². The second-order valence-electron chi connectivity index (χ2n) is 6.88. The molecule has 1 aromatic carbocycles. The van der Waals surface area contributed by atoms with Crippen molar-refractivity contribution in [2.75, 3.05) is 20.2 Å². The van der Waals surface area contributed by atoms with Crippen LogP contribution in [0.4, 0.5) is 0 Å². The van der Waals surface area contributed by atoms with Crippen molar-refractivity contribution in [1.29, 1.82) is 0 Å². The Bertz CT molecular complexity index is 716. The quantitative estimate of drug-likeness (QED) is 0.801. The lowest BCUT2D eigenvalue weighted by Gasteiger charge is -2.24. The molecule has 1 N–H and O–H groups in total. The summed E-state index contributed by atoms with van der Waals surface area (Å²) in [6.45, 7) is 6.86. The fraction of sp³-hybridized carbons (Fsp3) is 0.611. The van der Waals surface area contributed by atoms with E-state index in [-0.39, 0.29) is 10.8 Å². The summed E-state index contributed by atoms with van der Waals surface area (Å²) in [5.41, 5.74) is 0.645. The first kappa shape index (κ1) is 19.7. The average Bonchev–Trinajstić information content (AvgIpc) is 3.05. The number of ether oxygens (including phenoxy) is 1. The highest BCUT2D eigenvalue weighted by atomic mass is 32.2. The molecule has 1 fully saturated rings. The van der Waals surface area contributed by atoms with Crippen LogP contribution >= 0.6 is 0 Å². The van der Waals surface area contributed by atoms with E-state index in [1.54, 1.807) is 19.1 Å². The van der Waals surface area contributed by atoms with Crippen LogP contribution in [0, 0.1) is 12.8 Å².